The minimum atomic E-state index is -0.990. The van der Waals surface area contributed by atoms with E-state index in [0.717, 1.165) is 12.8 Å². The van der Waals surface area contributed by atoms with E-state index in [1.165, 1.54) is 30.0 Å². The molecule has 1 amide bonds. The first-order valence-electron chi connectivity index (χ1n) is 8.01. The SMILES string of the molecule is CC(=O)C1=C(O)C(=O)N(C[C@H]2CCCO2)[C@H]1c1ccccc1[N+](=O)[O-]. The first-order valence-corrected chi connectivity index (χ1v) is 8.01. The first-order chi connectivity index (χ1) is 11.9. The van der Waals surface area contributed by atoms with E-state index in [4.69, 9.17) is 4.74 Å². The van der Waals surface area contributed by atoms with Gasteiger partial charge in [-0.3, -0.25) is 19.7 Å². The molecule has 1 fully saturated rings. The van der Waals surface area contributed by atoms with Crippen LogP contribution in [0.1, 0.15) is 31.4 Å². The molecule has 0 unspecified atom stereocenters. The summed E-state index contributed by atoms with van der Waals surface area (Å²) in [6, 6.07) is 4.94. The second-order valence-corrected chi connectivity index (χ2v) is 6.13. The van der Waals surface area contributed by atoms with Crippen LogP contribution in [0.25, 0.3) is 0 Å². The number of benzene rings is 1. The van der Waals surface area contributed by atoms with Crippen molar-refractivity contribution in [2.45, 2.75) is 31.9 Å². The molecular formula is C17H18N2O6. The van der Waals surface area contributed by atoms with Crippen molar-refractivity contribution in [1.82, 2.24) is 4.90 Å². The molecule has 3 rings (SSSR count). The molecule has 2 atom stereocenters. The van der Waals surface area contributed by atoms with Gasteiger partial charge in [-0.05, 0) is 25.8 Å². The number of hydrogen-bond acceptors (Lipinski definition) is 6. The summed E-state index contributed by atoms with van der Waals surface area (Å²) < 4.78 is 5.54. The monoisotopic (exact) mass is 346 g/mol. The van der Waals surface area contributed by atoms with Gasteiger partial charge < -0.3 is 14.7 Å². The molecule has 1 aromatic carbocycles. The van der Waals surface area contributed by atoms with Gasteiger partial charge in [-0.15, -0.1) is 0 Å². The quantitative estimate of drug-likeness (QED) is 0.645. The number of para-hydroxylation sites is 1. The summed E-state index contributed by atoms with van der Waals surface area (Å²) >= 11 is 0. The molecule has 0 saturated carbocycles. The van der Waals surface area contributed by atoms with Crippen molar-refractivity contribution in [3.8, 4) is 0 Å². The van der Waals surface area contributed by atoms with Crippen molar-refractivity contribution in [2.24, 2.45) is 0 Å². The molecule has 1 N–H and O–H groups in total. The van der Waals surface area contributed by atoms with Crippen LogP contribution < -0.4 is 0 Å². The number of hydrogen-bond donors (Lipinski definition) is 1. The summed E-state index contributed by atoms with van der Waals surface area (Å²) in [5, 5.41) is 21.6. The summed E-state index contributed by atoms with van der Waals surface area (Å²) in [6.45, 7) is 1.98. The van der Waals surface area contributed by atoms with Crippen molar-refractivity contribution in [2.75, 3.05) is 13.2 Å². The van der Waals surface area contributed by atoms with Crippen LogP contribution in [-0.4, -0.2) is 45.9 Å². The van der Waals surface area contributed by atoms with E-state index >= 15 is 0 Å². The third-order valence-electron chi connectivity index (χ3n) is 4.54. The fourth-order valence-electron chi connectivity index (χ4n) is 3.42. The zero-order valence-electron chi connectivity index (χ0n) is 13.7. The first kappa shape index (κ1) is 17.1. The van der Waals surface area contributed by atoms with Gasteiger partial charge in [-0.2, -0.15) is 0 Å². The van der Waals surface area contributed by atoms with Crippen LogP contribution in [0.3, 0.4) is 0 Å². The number of nitro benzene ring substituents is 1. The van der Waals surface area contributed by atoms with Crippen molar-refractivity contribution in [3.63, 3.8) is 0 Å². The highest BCUT2D eigenvalue weighted by Crippen LogP contribution is 2.41. The van der Waals surface area contributed by atoms with E-state index in [1.807, 2.05) is 0 Å². The van der Waals surface area contributed by atoms with Crippen molar-refractivity contribution in [1.29, 1.82) is 0 Å². The number of aliphatic hydroxyl groups excluding tert-OH is 1. The van der Waals surface area contributed by atoms with Crippen LogP contribution in [0.2, 0.25) is 0 Å². The van der Waals surface area contributed by atoms with Gasteiger partial charge >= 0.3 is 0 Å². The highest BCUT2D eigenvalue weighted by Gasteiger charge is 2.45. The number of ketones is 1. The predicted molar refractivity (Wildman–Crippen MR) is 86.9 cm³/mol. The lowest BCUT2D eigenvalue weighted by Gasteiger charge is -2.28. The molecule has 0 spiro atoms. The molecule has 132 valence electrons. The number of carbonyl (C=O) groups is 2. The number of Topliss-reactive ketones (excluding diaryl/α,β-unsaturated/α-hetero) is 1. The molecule has 8 heteroatoms. The van der Waals surface area contributed by atoms with Gasteiger partial charge in [0.05, 0.1) is 28.2 Å². The summed E-state index contributed by atoms with van der Waals surface area (Å²) in [4.78, 5) is 36.7. The van der Waals surface area contributed by atoms with Crippen LogP contribution in [0.4, 0.5) is 5.69 Å². The summed E-state index contributed by atoms with van der Waals surface area (Å²) in [7, 11) is 0. The van der Waals surface area contributed by atoms with Crippen LogP contribution in [0, 0.1) is 10.1 Å². The van der Waals surface area contributed by atoms with Gasteiger partial charge in [-0.1, -0.05) is 12.1 Å². The zero-order valence-corrected chi connectivity index (χ0v) is 13.7. The number of amides is 1. The topological polar surface area (TPSA) is 110 Å². The van der Waals surface area contributed by atoms with E-state index in [0.29, 0.717) is 6.61 Å². The van der Waals surface area contributed by atoms with E-state index in [1.54, 1.807) is 6.07 Å². The highest BCUT2D eigenvalue weighted by molar-refractivity contribution is 6.08. The van der Waals surface area contributed by atoms with Crippen molar-refractivity contribution < 1.29 is 24.4 Å². The number of nitro groups is 1. The number of rotatable bonds is 5. The standard InChI is InChI=1S/C17H18N2O6/c1-10(20)14-15(12-6-2-3-7-13(12)19(23)24)18(17(22)16(14)21)9-11-5-4-8-25-11/h2-3,6-7,11,15,21H,4-5,8-9H2,1H3/t11-,15+/m1/s1. The van der Waals surface area contributed by atoms with Gasteiger partial charge in [-0.25, -0.2) is 0 Å². The Morgan fingerprint density at radius 1 is 1.44 bits per heavy atom. The number of aliphatic hydroxyl groups is 1. The molecule has 8 nitrogen and oxygen atoms in total. The molecule has 0 bridgehead atoms. The maximum absolute atomic E-state index is 12.5. The molecule has 0 aliphatic carbocycles. The predicted octanol–water partition coefficient (Wildman–Crippen LogP) is 2.06. The average molecular weight is 346 g/mol. The van der Waals surface area contributed by atoms with Crippen molar-refractivity contribution in [3.05, 3.63) is 51.3 Å². The fourth-order valence-corrected chi connectivity index (χ4v) is 3.42. The maximum Gasteiger partial charge on any atom is 0.290 e. The van der Waals surface area contributed by atoms with Crippen LogP contribution >= 0.6 is 0 Å². The van der Waals surface area contributed by atoms with Crippen LogP contribution in [-0.2, 0) is 14.3 Å². The lowest BCUT2D eigenvalue weighted by atomic mass is 9.95. The number of nitrogens with zero attached hydrogens (tertiary/aromatic N) is 2. The summed E-state index contributed by atoms with van der Waals surface area (Å²) in [5.74, 6) is -1.85. The Bertz CT molecular complexity index is 766. The Morgan fingerprint density at radius 3 is 2.76 bits per heavy atom. The zero-order chi connectivity index (χ0) is 18.1. The number of carbonyl (C=O) groups excluding carboxylic acids is 2. The smallest absolute Gasteiger partial charge is 0.290 e. The second kappa shape index (κ2) is 6.64. The van der Waals surface area contributed by atoms with Crippen LogP contribution in [0.5, 0.6) is 0 Å². The van der Waals surface area contributed by atoms with Gasteiger partial charge in [0, 0.05) is 19.2 Å². The van der Waals surface area contributed by atoms with Gasteiger partial charge in [0.1, 0.15) is 0 Å². The van der Waals surface area contributed by atoms with Gasteiger partial charge in [0.2, 0.25) is 0 Å². The Hall–Kier alpha value is -2.74. The molecule has 0 radical (unpaired) electrons. The molecule has 2 aliphatic heterocycles. The van der Waals surface area contributed by atoms with E-state index in [9.17, 15) is 24.8 Å². The Labute approximate surface area is 143 Å². The third-order valence-corrected chi connectivity index (χ3v) is 4.54. The maximum atomic E-state index is 12.5. The Morgan fingerprint density at radius 2 is 2.16 bits per heavy atom. The molecular weight excluding hydrogens is 328 g/mol. The van der Waals surface area contributed by atoms with Crippen LogP contribution in [0.15, 0.2) is 35.6 Å². The van der Waals surface area contributed by atoms with Gasteiger partial charge in [0.25, 0.3) is 11.6 Å². The second-order valence-electron chi connectivity index (χ2n) is 6.13. The Kier molecular flexibility index (Phi) is 4.54. The molecule has 2 aliphatic rings. The van der Waals surface area contributed by atoms with Gasteiger partial charge in [0.15, 0.2) is 11.5 Å². The minimum Gasteiger partial charge on any atom is -0.503 e. The van der Waals surface area contributed by atoms with E-state index < -0.39 is 28.4 Å². The molecule has 1 saturated heterocycles. The lowest BCUT2D eigenvalue weighted by molar-refractivity contribution is -0.385. The number of ether oxygens (including phenoxy) is 1. The van der Waals surface area contributed by atoms with E-state index in [-0.39, 0.29) is 29.5 Å². The summed E-state index contributed by atoms with van der Waals surface area (Å²) in [6.07, 6.45) is 1.40. The summed E-state index contributed by atoms with van der Waals surface area (Å²) in [5.41, 5.74) is -0.114. The average Bonchev–Trinajstić information content (AvgIpc) is 3.17. The molecule has 1 aromatic rings. The molecule has 0 aromatic heterocycles. The normalized spacial score (nSPS) is 23.4. The van der Waals surface area contributed by atoms with Crippen molar-refractivity contribution >= 4 is 17.4 Å². The Balaban J connectivity index is 2.08. The molecule has 25 heavy (non-hydrogen) atoms. The lowest BCUT2D eigenvalue weighted by Crippen LogP contribution is -2.37. The third kappa shape index (κ3) is 3.00. The molecule has 2 heterocycles. The van der Waals surface area contributed by atoms with E-state index in [2.05, 4.69) is 0 Å². The minimum absolute atomic E-state index is 0.114. The highest BCUT2D eigenvalue weighted by atomic mass is 16.6. The fraction of sp³-hybridized carbons (Fsp3) is 0.412. The largest absolute Gasteiger partial charge is 0.503 e.